The number of aromatic nitrogens is 4. The molecule has 107 valence electrons. The summed E-state index contributed by atoms with van der Waals surface area (Å²) < 4.78 is 7.63. The van der Waals surface area contributed by atoms with E-state index in [-0.39, 0.29) is 0 Å². The maximum atomic E-state index is 9.76. The first kappa shape index (κ1) is 15.0. The molecule has 2 heterocycles. The topological polar surface area (TPSA) is 85.1 Å². The SMILES string of the molecule is COc1nn([CH]C(C)(C)O)cc1Nc1ncc(I)cn1. The Labute approximate surface area is 130 Å². The number of rotatable bonds is 5. The van der Waals surface area contributed by atoms with E-state index in [0.717, 1.165) is 3.57 Å². The molecule has 0 fully saturated rings. The summed E-state index contributed by atoms with van der Waals surface area (Å²) in [5.74, 6) is 0.846. The fourth-order valence-electron chi connectivity index (χ4n) is 1.50. The molecule has 0 aliphatic rings. The number of halogens is 1. The number of methoxy groups -OCH3 is 1. The standard InChI is InChI=1S/C12H15IN5O2/c1-12(2,19)7-18-6-9(10(17-18)20-3)16-11-14-4-8(13)5-15-11/h4-7,19H,1-3H3,(H,14,15,16). The van der Waals surface area contributed by atoms with Crippen LogP contribution >= 0.6 is 22.6 Å². The zero-order chi connectivity index (χ0) is 14.8. The molecule has 2 aromatic heterocycles. The average molecular weight is 388 g/mol. The fraction of sp³-hybridized carbons (Fsp3) is 0.333. The molecule has 7 nitrogen and oxygen atoms in total. The highest BCUT2D eigenvalue weighted by Gasteiger charge is 2.18. The zero-order valence-corrected chi connectivity index (χ0v) is 13.5. The second kappa shape index (κ2) is 5.92. The van der Waals surface area contributed by atoms with Crippen molar-refractivity contribution in [2.24, 2.45) is 0 Å². The number of hydrogen-bond acceptors (Lipinski definition) is 6. The lowest BCUT2D eigenvalue weighted by molar-refractivity contribution is 0.106. The highest BCUT2D eigenvalue weighted by atomic mass is 127. The normalized spacial score (nSPS) is 11.4. The Morgan fingerprint density at radius 2 is 2.05 bits per heavy atom. The molecule has 0 atom stereocenters. The molecule has 0 aliphatic heterocycles. The number of hydrogen-bond donors (Lipinski definition) is 2. The van der Waals surface area contributed by atoms with E-state index < -0.39 is 5.60 Å². The second-order valence-electron chi connectivity index (χ2n) is 4.66. The van der Waals surface area contributed by atoms with Gasteiger partial charge in [0.15, 0.2) is 0 Å². The van der Waals surface area contributed by atoms with Gasteiger partial charge in [0.05, 0.1) is 18.9 Å². The number of nitrogens with one attached hydrogen (secondary N) is 1. The highest BCUT2D eigenvalue weighted by Crippen LogP contribution is 2.25. The van der Waals surface area contributed by atoms with Gasteiger partial charge in [-0.2, -0.15) is 0 Å². The van der Waals surface area contributed by atoms with Crippen LogP contribution in [0.1, 0.15) is 13.8 Å². The summed E-state index contributed by atoms with van der Waals surface area (Å²) in [4.78, 5) is 8.30. The Balaban J connectivity index is 2.20. The lowest BCUT2D eigenvalue weighted by atomic mass is 10.1. The molecule has 2 N–H and O–H groups in total. The van der Waals surface area contributed by atoms with Gasteiger partial charge in [0, 0.05) is 16.0 Å². The van der Waals surface area contributed by atoms with Crippen LogP contribution in [-0.2, 0) is 0 Å². The second-order valence-corrected chi connectivity index (χ2v) is 5.91. The molecule has 2 aromatic rings. The van der Waals surface area contributed by atoms with Gasteiger partial charge in [-0.1, -0.05) is 0 Å². The van der Waals surface area contributed by atoms with Crippen molar-refractivity contribution in [1.29, 1.82) is 0 Å². The van der Waals surface area contributed by atoms with Crippen LogP contribution in [0.3, 0.4) is 0 Å². The van der Waals surface area contributed by atoms with Gasteiger partial charge >= 0.3 is 0 Å². The van der Waals surface area contributed by atoms with E-state index in [4.69, 9.17) is 4.74 Å². The van der Waals surface area contributed by atoms with E-state index >= 15 is 0 Å². The fourth-order valence-corrected chi connectivity index (χ4v) is 1.78. The van der Waals surface area contributed by atoms with Crippen LogP contribution < -0.4 is 10.1 Å². The summed E-state index contributed by atoms with van der Waals surface area (Å²) in [5, 5.41) is 17.0. The quantitative estimate of drug-likeness (QED) is 0.761. The summed E-state index contributed by atoms with van der Waals surface area (Å²) in [6.07, 6.45) is 5.10. The van der Waals surface area contributed by atoms with Crippen LogP contribution in [0.2, 0.25) is 0 Å². The van der Waals surface area contributed by atoms with Gasteiger partial charge in [-0.05, 0) is 36.4 Å². The van der Waals surface area contributed by atoms with E-state index in [1.54, 1.807) is 39.0 Å². The maximum absolute atomic E-state index is 9.76. The van der Waals surface area contributed by atoms with Crippen molar-refractivity contribution in [3.63, 3.8) is 0 Å². The molecule has 2 rings (SSSR count). The van der Waals surface area contributed by atoms with Crippen LogP contribution in [0, 0.1) is 10.1 Å². The van der Waals surface area contributed by atoms with Crippen molar-refractivity contribution in [2.45, 2.75) is 19.4 Å². The maximum Gasteiger partial charge on any atom is 0.256 e. The first-order chi connectivity index (χ1) is 9.37. The van der Waals surface area contributed by atoms with Crippen LogP contribution in [0.25, 0.3) is 0 Å². The average Bonchev–Trinajstić information content (AvgIpc) is 2.71. The number of anilines is 2. The molecule has 0 saturated carbocycles. The predicted molar refractivity (Wildman–Crippen MR) is 82.8 cm³/mol. The van der Waals surface area contributed by atoms with Gasteiger partial charge in [0.2, 0.25) is 5.95 Å². The van der Waals surface area contributed by atoms with Crippen molar-refractivity contribution in [3.8, 4) is 5.88 Å². The summed E-state index contributed by atoms with van der Waals surface area (Å²) in [6.45, 7) is 4.89. The van der Waals surface area contributed by atoms with E-state index in [0.29, 0.717) is 17.5 Å². The third kappa shape index (κ3) is 4.04. The molecule has 1 radical (unpaired) electrons. The molecule has 0 amide bonds. The lowest BCUT2D eigenvalue weighted by Crippen LogP contribution is -2.23. The molecule has 0 saturated heterocycles. The molecule has 0 bridgehead atoms. The number of nitrogens with zero attached hydrogens (tertiary/aromatic N) is 4. The van der Waals surface area contributed by atoms with E-state index in [1.807, 2.05) is 0 Å². The number of aliphatic hydroxyl groups is 1. The minimum atomic E-state index is -0.979. The minimum Gasteiger partial charge on any atom is -0.478 e. The van der Waals surface area contributed by atoms with Gasteiger partial charge in [0.25, 0.3) is 5.88 Å². The lowest BCUT2D eigenvalue weighted by Gasteiger charge is -2.15. The molecular formula is C12H15IN5O2. The molecule has 0 spiro atoms. The zero-order valence-electron chi connectivity index (χ0n) is 11.3. The van der Waals surface area contributed by atoms with E-state index in [9.17, 15) is 5.11 Å². The van der Waals surface area contributed by atoms with Crippen LogP contribution in [0.5, 0.6) is 5.88 Å². The molecule has 20 heavy (non-hydrogen) atoms. The monoisotopic (exact) mass is 388 g/mol. The largest absolute Gasteiger partial charge is 0.478 e. The van der Waals surface area contributed by atoms with Crippen molar-refractivity contribution in [1.82, 2.24) is 19.7 Å². The molecule has 8 heteroatoms. The third-order valence-electron chi connectivity index (χ3n) is 2.21. The van der Waals surface area contributed by atoms with Crippen molar-refractivity contribution in [2.75, 3.05) is 12.4 Å². The molecule has 0 unspecified atom stereocenters. The Morgan fingerprint density at radius 3 is 2.60 bits per heavy atom. The smallest absolute Gasteiger partial charge is 0.256 e. The van der Waals surface area contributed by atoms with Gasteiger partial charge in [-0.15, -0.1) is 5.10 Å². The summed E-state index contributed by atoms with van der Waals surface area (Å²) in [6, 6.07) is 0. The molecule has 0 aromatic carbocycles. The third-order valence-corrected chi connectivity index (χ3v) is 2.76. The van der Waals surface area contributed by atoms with Gasteiger partial charge < -0.3 is 15.2 Å². The van der Waals surface area contributed by atoms with Gasteiger partial charge in [0.1, 0.15) is 12.2 Å². The Hall–Kier alpha value is -1.42. The van der Waals surface area contributed by atoms with Gasteiger partial charge in [-0.25, -0.2) is 9.97 Å². The summed E-state index contributed by atoms with van der Waals surface area (Å²) in [7, 11) is 1.52. The highest BCUT2D eigenvalue weighted by molar-refractivity contribution is 14.1. The molecular weight excluding hydrogens is 373 g/mol. The van der Waals surface area contributed by atoms with Crippen LogP contribution in [0.4, 0.5) is 11.6 Å². The predicted octanol–water partition coefficient (Wildman–Crippen LogP) is 1.81. The van der Waals surface area contributed by atoms with Crippen LogP contribution in [0.15, 0.2) is 18.6 Å². The first-order valence-electron chi connectivity index (χ1n) is 5.83. The molecule has 0 aliphatic carbocycles. The Bertz CT molecular complexity index is 577. The Kier molecular flexibility index (Phi) is 4.43. The minimum absolute atomic E-state index is 0.396. The Morgan fingerprint density at radius 1 is 1.40 bits per heavy atom. The van der Waals surface area contributed by atoms with Crippen LogP contribution in [-0.4, -0.2) is 37.6 Å². The van der Waals surface area contributed by atoms with Crippen molar-refractivity contribution >= 4 is 34.2 Å². The first-order valence-corrected chi connectivity index (χ1v) is 6.91. The van der Waals surface area contributed by atoms with Crippen molar-refractivity contribution in [3.05, 3.63) is 28.7 Å². The van der Waals surface area contributed by atoms with Crippen molar-refractivity contribution < 1.29 is 9.84 Å². The summed E-state index contributed by atoms with van der Waals surface area (Å²) in [5.41, 5.74) is -0.359. The van der Waals surface area contributed by atoms with E-state index in [1.165, 1.54) is 11.8 Å². The van der Waals surface area contributed by atoms with Gasteiger partial charge in [-0.3, -0.25) is 4.68 Å². The number of ether oxygens (including phenoxy) is 1. The summed E-state index contributed by atoms with van der Waals surface area (Å²) >= 11 is 2.13. The van der Waals surface area contributed by atoms with E-state index in [2.05, 4.69) is 43.0 Å².